The van der Waals surface area contributed by atoms with E-state index in [2.05, 4.69) is 20.4 Å². The van der Waals surface area contributed by atoms with Crippen LogP contribution in [0.1, 0.15) is 6.92 Å². The van der Waals surface area contributed by atoms with Crippen molar-refractivity contribution in [2.75, 3.05) is 11.9 Å². The molecule has 106 valence electrons. The van der Waals surface area contributed by atoms with Crippen LogP contribution in [-0.4, -0.2) is 21.7 Å². The lowest BCUT2D eigenvalue weighted by Gasteiger charge is -2.01. The average Bonchev–Trinajstić information content (AvgIpc) is 2.98. The summed E-state index contributed by atoms with van der Waals surface area (Å²) in [6, 6.07) is 9.74. The van der Waals surface area contributed by atoms with Crippen LogP contribution in [0.4, 0.5) is 10.2 Å². The molecule has 0 radical (unpaired) electrons. The third-order valence-corrected chi connectivity index (χ3v) is 2.88. The molecule has 21 heavy (non-hydrogen) atoms. The molecule has 2 heterocycles. The second-order valence-corrected chi connectivity index (χ2v) is 4.40. The van der Waals surface area contributed by atoms with E-state index >= 15 is 0 Å². The number of rotatable bonds is 4. The second-order valence-electron chi connectivity index (χ2n) is 4.40. The van der Waals surface area contributed by atoms with Gasteiger partial charge in [0, 0.05) is 18.3 Å². The van der Waals surface area contributed by atoms with Crippen LogP contribution in [0.25, 0.3) is 22.8 Å². The lowest BCUT2D eigenvalue weighted by molar-refractivity contribution is 0.432. The van der Waals surface area contributed by atoms with Crippen LogP contribution in [0.5, 0.6) is 0 Å². The molecule has 0 aliphatic rings. The van der Waals surface area contributed by atoms with Gasteiger partial charge in [-0.15, -0.1) is 0 Å². The molecule has 0 bridgehead atoms. The second kappa shape index (κ2) is 5.70. The molecule has 5 nitrogen and oxygen atoms in total. The van der Waals surface area contributed by atoms with E-state index in [0.29, 0.717) is 22.8 Å². The largest absolute Gasteiger partial charge is 0.370 e. The molecule has 0 aliphatic heterocycles. The van der Waals surface area contributed by atoms with Gasteiger partial charge in [-0.1, -0.05) is 17.3 Å². The van der Waals surface area contributed by atoms with Crippen molar-refractivity contribution in [2.45, 2.75) is 6.92 Å². The molecule has 0 fully saturated rings. The molecule has 0 saturated heterocycles. The number of anilines is 1. The van der Waals surface area contributed by atoms with E-state index in [4.69, 9.17) is 4.52 Å². The summed E-state index contributed by atoms with van der Waals surface area (Å²) in [5, 5.41) is 6.97. The summed E-state index contributed by atoms with van der Waals surface area (Å²) in [6.07, 6.45) is 1.65. The van der Waals surface area contributed by atoms with Crippen molar-refractivity contribution in [3.05, 3.63) is 48.4 Å². The Kier molecular flexibility index (Phi) is 3.59. The maximum absolute atomic E-state index is 13.2. The van der Waals surface area contributed by atoms with E-state index in [9.17, 15) is 4.39 Å². The summed E-state index contributed by atoms with van der Waals surface area (Å²) in [5.41, 5.74) is 1.29. The molecule has 0 spiro atoms. The molecular weight excluding hydrogens is 271 g/mol. The fourth-order valence-electron chi connectivity index (χ4n) is 1.89. The average molecular weight is 284 g/mol. The highest BCUT2D eigenvalue weighted by Gasteiger charge is 2.11. The third-order valence-electron chi connectivity index (χ3n) is 2.88. The van der Waals surface area contributed by atoms with E-state index in [1.54, 1.807) is 18.3 Å². The Bertz CT molecular complexity index is 739. The van der Waals surface area contributed by atoms with E-state index in [0.717, 1.165) is 12.4 Å². The van der Waals surface area contributed by atoms with Crippen LogP contribution in [0, 0.1) is 5.82 Å². The van der Waals surface area contributed by atoms with Gasteiger partial charge in [0.05, 0.1) is 5.56 Å². The summed E-state index contributed by atoms with van der Waals surface area (Å²) in [7, 11) is 0. The van der Waals surface area contributed by atoms with Crippen molar-refractivity contribution < 1.29 is 8.91 Å². The van der Waals surface area contributed by atoms with Crippen LogP contribution >= 0.6 is 0 Å². The fraction of sp³-hybridized carbons (Fsp3) is 0.133. The summed E-state index contributed by atoms with van der Waals surface area (Å²) in [4.78, 5) is 8.50. The number of benzene rings is 1. The molecule has 0 unspecified atom stereocenters. The molecular formula is C15H13FN4O. The highest BCUT2D eigenvalue weighted by atomic mass is 19.1. The van der Waals surface area contributed by atoms with Gasteiger partial charge in [-0.25, -0.2) is 9.37 Å². The zero-order valence-electron chi connectivity index (χ0n) is 11.4. The van der Waals surface area contributed by atoms with E-state index in [1.807, 2.05) is 19.1 Å². The zero-order chi connectivity index (χ0) is 14.7. The Labute approximate surface area is 120 Å². The van der Waals surface area contributed by atoms with Crippen molar-refractivity contribution in [3.8, 4) is 22.8 Å². The molecule has 1 aromatic carbocycles. The van der Waals surface area contributed by atoms with Gasteiger partial charge in [0.1, 0.15) is 11.6 Å². The van der Waals surface area contributed by atoms with E-state index in [1.165, 1.54) is 12.1 Å². The van der Waals surface area contributed by atoms with Crippen molar-refractivity contribution in [1.29, 1.82) is 0 Å². The number of aromatic nitrogens is 3. The lowest BCUT2D eigenvalue weighted by atomic mass is 10.2. The third kappa shape index (κ3) is 2.89. The van der Waals surface area contributed by atoms with Gasteiger partial charge in [-0.3, -0.25) is 0 Å². The van der Waals surface area contributed by atoms with E-state index in [-0.39, 0.29) is 5.82 Å². The SMILES string of the molecule is CCNc1ccc(-c2nc(-c3cccc(F)c3)no2)cn1. The van der Waals surface area contributed by atoms with Crippen molar-refractivity contribution >= 4 is 5.82 Å². The first-order chi connectivity index (χ1) is 10.3. The molecule has 3 rings (SSSR count). The maximum Gasteiger partial charge on any atom is 0.259 e. The maximum atomic E-state index is 13.2. The summed E-state index contributed by atoms with van der Waals surface area (Å²) in [6.45, 7) is 2.80. The number of hydrogen-bond donors (Lipinski definition) is 1. The Balaban J connectivity index is 1.87. The van der Waals surface area contributed by atoms with Crippen molar-refractivity contribution in [1.82, 2.24) is 15.1 Å². The predicted molar refractivity (Wildman–Crippen MR) is 77.1 cm³/mol. The normalized spacial score (nSPS) is 10.6. The van der Waals surface area contributed by atoms with E-state index < -0.39 is 0 Å². The first-order valence-corrected chi connectivity index (χ1v) is 6.56. The number of halogens is 1. The Morgan fingerprint density at radius 3 is 2.81 bits per heavy atom. The number of hydrogen-bond acceptors (Lipinski definition) is 5. The quantitative estimate of drug-likeness (QED) is 0.795. The first kappa shape index (κ1) is 13.2. The number of nitrogens with one attached hydrogen (secondary N) is 1. The molecule has 0 saturated carbocycles. The number of nitrogens with zero attached hydrogens (tertiary/aromatic N) is 3. The fourth-order valence-corrected chi connectivity index (χ4v) is 1.89. The topological polar surface area (TPSA) is 63.8 Å². The van der Waals surface area contributed by atoms with Gasteiger partial charge in [0.2, 0.25) is 5.82 Å². The summed E-state index contributed by atoms with van der Waals surface area (Å²) in [5.74, 6) is 1.15. The zero-order valence-corrected chi connectivity index (χ0v) is 11.4. The van der Waals surface area contributed by atoms with Gasteiger partial charge in [0.15, 0.2) is 0 Å². The van der Waals surface area contributed by atoms with Gasteiger partial charge >= 0.3 is 0 Å². The van der Waals surface area contributed by atoms with Crippen LogP contribution in [0.2, 0.25) is 0 Å². The van der Waals surface area contributed by atoms with Crippen molar-refractivity contribution in [2.24, 2.45) is 0 Å². The highest BCUT2D eigenvalue weighted by molar-refractivity contribution is 5.60. The van der Waals surface area contributed by atoms with Crippen molar-refractivity contribution in [3.63, 3.8) is 0 Å². The van der Waals surface area contributed by atoms with Crippen LogP contribution in [-0.2, 0) is 0 Å². The van der Waals surface area contributed by atoms with Crippen LogP contribution in [0.15, 0.2) is 47.1 Å². The Hall–Kier alpha value is -2.76. The minimum Gasteiger partial charge on any atom is -0.370 e. The van der Waals surface area contributed by atoms with Gasteiger partial charge in [-0.05, 0) is 31.2 Å². The van der Waals surface area contributed by atoms with Crippen LogP contribution in [0.3, 0.4) is 0 Å². The minimum absolute atomic E-state index is 0.337. The Morgan fingerprint density at radius 2 is 2.10 bits per heavy atom. The smallest absolute Gasteiger partial charge is 0.259 e. The standard InChI is InChI=1S/C15H13FN4O/c1-2-17-13-7-6-11(9-18-13)15-19-14(20-21-15)10-4-3-5-12(16)8-10/h3-9H,2H2,1H3,(H,17,18). The summed E-state index contributed by atoms with van der Waals surface area (Å²) >= 11 is 0. The lowest BCUT2D eigenvalue weighted by Crippen LogP contribution is -1.98. The molecule has 3 aromatic rings. The number of pyridine rings is 1. The van der Waals surface area contributed by atoms with Gasteiger partial charge in [0.25, 0.3) is 5.89 Å². The Morgan fingerprint density at radius 1 is 1.19 bits per heavy atom. The molecule has 0 atom stereocenters. The molecule has 1 N–H and O–H groups in total. The summed E-state index contributed by atoms with van der Waals surface area (Å²) < 4.78 is 18.4. The molecule has 2 aromatic heterocycles. The van der Waals surface area contributed by atoms with Crippen LogP contribution < -0.4 is 5.32 Å². The molecule has 0 amide bonds. The van der Waals surface area contributed by atoms with Gasteiger partial charge in [-0.2, -0.15) is 4.98 Å². The first-order valence-electron chi connectivity index (χ1n) is 6.56. The predicted octanol–water partition coefficient (Wildman–Crippen LogP) is 3.37. The molecule has 0 aliphatic carbocycles. The monoisotopic (exact) mass is 284 g/mol. The highest BCUT2D eigenvalue weighted by Crippen LogP contribution is 2.22. The molecule has 6 heteroatoms. The van der Waals surface area contributed by atoms with Gasteiger partial charge < -0.3 is 9.84 Å². The minimum atomic E-state index is -0.337.